The summed E-state index contributed by atoms with van der Waals surface area (Å²) in [6.45, 7) is 10.1. The fourth-order valence-electron chi connectivity index (χ4n) is 2.80. The Bertz CT molecular complexity index is 505. The average Bonchev–Trinajstić information content (AvgIpc) is 2.56. The monoisotopic (exact) mass is 363 g/mol. The predicted molar refractivity (Wildman–Crippen MR) is 106 cm³/mol. The van der Waals surface area contributed by atoms with Crippen molar-refractivity contribution in [3.63, 3.8) is 0 Å². The number of carbonyl (C=O) groups excluding carboxylic acids is 1. The van der Waals surface area contributed by atoms with Crippen LogP contribution in [-0.4, -0.2) is 22.7 Å². The van der Waals surface area contributed by atoms with Crippen molar-refractivity contribution in [3.8, 4) is 5.88 Å². The van der Waals surface area contributed by atoms with Crippen LogP contribution in [0, 0.1) is 0 Å². The number of pyridine rings is 1. The Labute approximate surface area is 159 Å². The number of aromatic nitrogens is 1. The van der Waals surface area contributed by atoms with Crippen molar-refractivity contribution in [1.82, 2.24) is 4.98 Å². The highest BCUT2D eigenvalue weighted by Crippen LogP contribution is 2.18. The van der Waals surface area contributed by atoms with E-state index >= 15 is 0 Å². The Balaban J connectivity index is 2.37. The Morgan fingerprint density at radius 3 is 2.42 bits per heavy atom. The lowest BCUT2D eigenvalue weighted by molar-refractivity contribution is -0.154. The molecule has 0 bridgehead atoms. The largest absolute Gasteiger partial charge is 0.474 e. The van der Waals surface area contributed by atoms with Gasteiger partial charge in [-0.2, -0.15) is 0 Å². The standard InChI is InChI=1S/C22H37NO3/c1-6-8-12-18-15-16-20(23-17-18)25-19(11-7-2)13-9-10-14-21(24)26-22(3,4)5/h15-17,19H,6-14H2,1-5H3. The second-order valence-electron chi connectivity index (χ2n) is 7.97. The fourth-order valence-corrected chi connectivity index (χ4v) is 2.80. The SMILES string of the molecule is CCCCc1ccc(OC(CCC)CCCCC(=O)OC(C)(C)C)nc1. The quantitative estimate of drug-likeness (QED) is 0.344. The molecule has 0 saturated carbocycles. The second-order valence-corrected chi connectivity index (χ2v) is 7.97. The first-order chi connectivity index (χ1) is 12.3. The second kappa shape index (κ2) is 11.9. The van der Waals surface area contributed by atoms with Crippen molar-refractivity contribution in [2.75, 3.05) is 0 Å². The van der Waals surface area contributed by atoms with Crippen molar-refractivity contribution < 1.29 is 14.3 Å². The molecule has 26 heavy (non-hydrogen) atoms. The van der Waals surface area contributed by atoms with Gasteiger partial charge in [-0.25, -0.2) is 4.98 Å². The summed E-state index contributed by atoms with van der Waals surface area (Å²) in [7, 11) is 0. The molecule has 1 rings (SSSR count). The Hall–Kier alpha value is -1.58. The molecule has 0 amide bonds. The summed E-state index contributed by atoms with van der Waals surface area (Å²) in [5, 5.41) is 0. The van der Waals surface area contributed by atoms with Crippen LogP contribution in [0.1, 0.15) is 91.5 Å². The normalized spacial score (nSPS) is 12.7. The molecule has 0 radical (unpaired) electrons. The number of unbranched alkanes of at least 4 members (excludes halogenated alkanes) is 2. The van der Waals surface area contributed by atoms with E-state index in [9.17, 15) is 4.79 Å². The van der Waals surface area contributed by atoms with E-state index in [1.54, 1.807) is 0 Å². The highest BCUT2D eigenvalue weighted by molar-refractivity contribution is 5.69. The van der Waals surface area contributed by atoms with Crippen LogP contribution < -0.4 is 4.74 Å². The highest BCUT2D eigenvalue weighted by atomic mass is 16.6. The first kappa shape index (κ1) is 22.5. The minimum Gasteiger partial charge on any atom is -0.474 e. The first-order valence-electron chi connectivity index (χ1n) is 10.2. The molecule has 1 unspecified atom stereocenters. The van der Waals surface area contributed by atoms with Gasteiger partial charge < -0.3 is 9.47 Å². The third-order valence-electron chi connectivity index (χ3n) is 4.09. The van der Waals surface area contributed by atoms with Gasteiger partial charge in [0.05, 0.1) is 0 Å². The van der Waals surface area contributed by atoms with Crippen LogP contribution in [-0.2, 0) is 16.0 Å². The summed E-state index contributed by atoms with van der Waals surface area (Å²) in [4.78, 5) is 16.2. The van der Waals surface area contributed by atoms with Gasteiger partial charge in [0.15, 0.2) is 0 Å². The number of esters is 1. The fraction of sp³-hybridized carbons (Fsp3) is 0.727. The topological polar surface area (TPSA) is 48.4 Å². The van der Waals surface area contributed by atoms with Crippen LogP contribution in [0.2, 0.25) is 0 Å². The molecule has 1 aromatic heterocycles. The lowest BCUT2D eigenvalue weighted by atomic mass is 10.1. The summed E-state index contributed by atoms with van der Waals surface area (Å²) in [6.07, 6.45) is 10.8. The van der Waals surface area contributed by atoms with Crippen molar-refractivity contribution in [2.24, 2.45) is 0 Å². The van der Waals surface area contributed by atoms with Gasteiger partial charge in [0, 0.05) is 18.7 Å². The smallest absolute Gasteiger partial charge is 0.306 e. The minimum atomic E-state index is -0.403. The molecule has 1 atom stereocenters. The molecule has 1 aromatic rings. The summed E-state index contributed by atoms with van der Waals surface area (Å²) < 4.78 is 11.4. The van der Waals surface area contributed by atoms with Crippen molar-refractivity contribution >= 4 is 5.97 Å². The molecule has 0 aliphatic heterocycles. The summed E-state index contributed by atoms with van der Waals surface area (Å²) in [5.74, 6) is 0.589. The third-order valence-corrected chi connectivity index (χ3v) is 4.09. The molecule has 4 heteroatoms. The van der Waals surface area contributed by atoms with Crippen molar-refractivity contribution in [2.45, 2.75) is 104 Å². The maximum absolute atomic E-state index is 11.8. The van der Waals surface area contributed by atoms with E-state index in [0.29, 0.717) is 12.3 Å². The molecule has 4 nitrogen and oxygen atoms in total. The van der Waals surface area contributed by atoms with Crippen LogP contribution in [0.3, 0.4) is 0 Å². The van der Waals surface area contributed by atoms with Gasteiger partial charge in [-0.15, -0.1) is 0 Å². The number of hydrogen-bond donors (Lipinski definition) is 0. The molecular weight excluding hydrogens is 326 g/mol. The molecule has 148 valence electrons. The predicted octanol–water partition coefficient (Wildman–Crippen LogP) is 5.87. The van der Waals surface area contributed by atoms with E-state index in [1.807, 2.05) is 33.0 Å². The molecule has 0 aliphatic rings. The maximum Gasteiger partial charge on any atom is 0.306 e. The summed E-state index contributed by atoms with van der Waals surface area (Å²) >= 11 is 0. The number of aryl methyl sites for hydroxylation is 1. The maximum atomic E-state index is 11.8. The number of ether oxygens (including phenoxy) is 2. The molecule has 1 heterocycles. The van der Waals surface area contributed by atoms with E-state index in [4.69, 9.17) is 9.47 Å². The zero-order valence-electron chi connectivity index (χ0n) is 17.3. The zero-order chi connectivity index (χ0) is 19.4. The molecule has 0 N–H and O–H groups in total. The number of rotatable bonds is 12. The van der Waals surface area contributed by atoms with Crippen LogP contribution in [0.4, 0.5) is 0 Å². The van der Waals surface area contributed by atoms with E-state index in [2.05, 4.69) is 24.9 Å². The number of nitrogens with zero attached hydrogens (tertiary/aromatic N) is 1. The Morgan fingerprint density at radius 2 is 1.85 bits per heavy atom. The van der Waals surface area contributed by atoms with Crippen molar-refractivity contribution in [1.29, 1.82) is 0 Å². The van der Waals surface area contributed by atoms with E-state index in [0.717, 1.165) is 38.5 Å². The van der Waals surface area contributed by atoms with E-state index in [1.165, 1.54) is 18.4 Å². The van der Waals surface area contributed by atoms with Gasteiger partial charge >= 0.3 is 5.97 Å². The third kappa shape index (κ3) is 10.4. The Morgan fingerprint density at radius 1 is 1.08 bits per heavy atom. The number of carbonyl (C=O) groups is 1. The lowest BCUT2D eigenvalue weighted by Crippen LogP contribution is -2.23. The zero-order valence-corrected chi connectivity index (χ0v) is 17.3. The van der Waals surface area contributed by atoms with Gasteiger partial charge in [0.1, 0.15) is 11.7 Å². The molecule has 0 aliphatic carbocycles. The van der Waals surface area contributed by atoms with Gasteiger partial charge in [-0.1, -0.05) is 32.8 Å². The van der Waals surface area contributed by atoms with Crippen LogP contribution >= 0.6 is 0 Å². The highest BCUT2D eigenvalue weighted by Gasteiger charge is 2.16. The Kier molecular flexibility index (Phi) is 10.3. The molecule has 0 fully saturated rings. The number of hydrogen-bond acceptors (Lipinski definition) is 4. The first-order valence-corrected chi connectivity index (χ1v) is 10.2. The van der Waals surface area contributed by atoms with Crippen molar-refractivity contribution in [3.05, 3.63) is 23.9 Å². The van der Waals surface area contributed by atoms with E-state index in [-0.39, 0.29) is 12.1 Å². The van der Waals surface area contributed by atoms with Crippen LogP contribution in [0.15, 0.2) is 18.3 Å². The van der Waals surface area contributed by atoms with Gasteiger partial charge in [0.2, 0.25) is 5.88 Å². The molecule has 0 spiro atoms. The lowest BCUT2D eigenvalue weighted by Gasteiger charge is -2.20. The summed E-state index contributed by atoms with van der Waals surface area (Å²) in [6, 6.07) is 4.10. The molecule has 0 aromatic carbocycles. The van der Waals surface area contributed by atoms with E-state index < -0.39 is 5.60 Å². The summed E-state index contributed by atoms with van der Waals surface area (Å²) in [5.41, 5.74) is 0.864. The van der Waals surface area contributed by atoms with Gasteiger partial charge in [-0.3, -0.25) is 4.79 Å². The molecular formula is C22H37NO3. The average molecular weight is 364 g/mol. The minimum absolute atomic E-state index is 0.116. The van der Waals surface area contributed by atoms with Gasteiger partial charge in [0.25, 0.3) is 0 Å². The van der Waals surface area contributed by atoms with Gasteiger partial charge in [-0.05, 0) is 64.9 Å². The van der Waals surface area contributed by atoms with Crippen LogP contribution in [0.5, 0.6) is 5.88 Å². The molecule has 0 saturated heterocycles. The van der Waals surface area contributed by atoms with Crippen LogP contribution in [0.25, 0.3) is 0 Å².